The molecule has 1 amide bonds. The highest BCUT2D eigenvalue weighted by Gasteiger charge is 2.09. The maximum absolute atomic E-state index is 12.6. The zero-order valence-corrected chi connectivity index (χ0v) is 9.65. The fourth-order valence-electron chi connectivity index (χ4n) is 1.51. The van der Waals surface area contributed by atoms with E-state index in [0.717, 1.165) is 5.56 Å². The molecule has 92 valence electrons. The van der Waals surface area contributed by atoms with Crippen molar-refractivity contribution in [3.8, 4) is 0 Å². The van der Waals surface area contributed by atoms with Crippen molar-refractivity contribution in [2.24, 2.45) is 5.73 Å². The van der Waals surface area contributed by atoms with Gasteiger partial charge >= 0.3 is 0 Å². The summed E-state index contributed by atoms with van der Waals surface area (Å²) in [5.41, 5.74) is 5.76. The fraction of sp³-hybridized carbons (Fsp3) is 0.333. The number of ketones is 1. The number of likely N-dealkylation sites (N-methyl/N-ethyl adjacent to an activating group) is 1. The Bertz CT molecular complexity index is 403. The summed E-state index contributed by atoms with van der Waals surface area (Å²) in [6.07, 6.45) is 0.226. The molecule has 0 aliphatic rings. The van der Waals surface area contributed by atoms with Crippen LogP contribution < -0.4 is 5.73 Å². The Hall–Kier alpha value is -1.75. The van der Waals surface area contributed by atoms with Gasteiger partial charge in [-0.25, -0.2) is 4.39 Å². The normalized spacial score (nSPS) is 10.5. The van der Waals surface area contributed by atoms with Crippen LogP contribution in [0.15, 0.2) is 24.3 Å². The van der Waals surface area contributed by atoms with Gasteiger partial charge in [0.05, 0.1) is 13.1 Å². The second-order valence-corrected chi connectivity index (χ2v) is 3.98. The minimum Gasteiger partial charge on any atom is -0.369 e. The van der Waals surface area contributed by atoms with Crippen molar-refractivity contribution in [3.05, 3.63) is 35.6 Å². The lowest BCUT2D eigenvalue weighted by atomic mass is 10.1. The van der Waals surface area contributed by atoms with Crippen LogP contribution in [0.25, 0.3) is 0 Å². The second kappa shape index (κ2) is 6.10. The molecule has 4 nitrogen and oxygen atoms in total. The van der Waals surface area contributed by atoms with Gasteiger partial charge in [0.1, 0.15) is 5.82 Å². The van der Waals surface area contributed by atoms with E-state index in [1.807, 2.05) is 0 Å². The molecule has 0 atom stereocenters. The number of hydrogen-bond acceptors (Lipinski definition) is 3. The Morgan fingerprint density at radius 2 is 1.82 bits per heavy atom. The summed E-state index contributed by atoms with van der Waals surface area (Å²) in [6.45, 7) is 0.204. The van der Waals surface area contributed by atoms with Crippen LogP contribution in [-0.4, -0.2) is 36.7 Å². The molecule has 0 aliphatic carbocycles. The zero-order valence-electron chi connectivity index (χ0n) is 9.65. The largest absolute Gasteiger partial charge is 0.369 e. The molecular formula is C12H15FN2O2. The number of halogens is 1. The van der Waals surface area contributed by atoms with Gasteiger partial charge in [-0.1, -0.05) is 12.1 Å². The first-order chi connectivity index (χ1) is 7.97. The number of Topliss-reactive ketones (excluding diaryl/α,β-unsaturated/α-hetero) is 1. The molecule has 1 aromatic carbocycles. The van der Waals surface area contributed by atoms with Crippen LogP contribution in [0, 0.1) is 5.82 Å². The maximum Gasteiger partial charge on any atom is 0.231 e. The van der Waals surface area contributed by atoms with Crippen LogP contribution in [0.3, 0.4) is 0 Å². The molecule has 0 aliphatic heterocycles. The van der Waals surface area contributed by atoms with Gasteiger partial charge in [-0.05, 0) is 24.7 Å². The first kappa shape index (κ1) is 13.3. The molecule has 0 radical (unpaired) electrons. The lowest BCUT2D eigenvalue weighted by Gasteiger charge is -2.13. The average molecular weight is 238 g/mol. The van der Waals surface area contributed by atoms with E-state index in [9.17, 15) is 14.0 Å². The highest BCUT2D eigenvalue weighted by atomic mass is 19.1. The molecule has 0 bridgehead atoms. The van der Waals surface area contributed by atoms with E-state index in [1.165, 1.54) is 12.1 Å². The number of benzene rings is 1. The van der Waals surface area contributed by atoms with E-state index in [0.29, 0.717) is 0 Å². The van der Waals surface area contributed by atoms with Crippen molar-refractivity contribution in [2.75, 3.05) is 20.1 Å². The highest BCUT2D eigenvalue weighted by Crippen LogP contribution is 2.04. The fourth-order valence-corrected chi connectivity index (χ4v) is 1.51. The lowest BCUT2D eigenvalue weighted by Crippen LogP contribution is -2.34. The minimum atomic E-state index is -0.470. The molecule has 17 heavy (non-hydrogen) atoms. The van der Waals surface area contributed by atoms with Gasteiger partial charge in [0.15, 0.2) is 5.78 Å². The molecule has 1 rings (SSSR count). The number of rotatable bonds is 6. The number of carbonyl (C=O) groups is 2. The molecule has 0 aromatic heterocycles. The molecule has 0 spiro atoms. The molecule has 0 fully saturated rings. The molecule has 0 heterocycles. The Kier molecular flexibility index (Phi) is 4.78. The number of hydrogen-bond donors (Lipinski definition) is 1. The third kappa shape index (κ3) is 5.21. The minimum absolute atomic E-state index is 0.0413. The van der Waals surface area contributed by atoms with Gasteiger partial charge in [-0.3, -0.25) is 14.5 Å². The number of nitrogens with zero attached hydrogens (tertiary/aromatic N) is 1. The molecule has 0 saturated carbocycles. The Morgan fingerprint density at radius 1 is 1.24 bits per heavy atom. The molecule has 0 unspecified atom stereocenters. The SMILES string of the molecule is CN(CC(N)=O)CC(=O)Cc1ccc(F)cc1. The summed E-state index contributed by atoms with van der Waals surface area (Å²) in [6, 6.07) is 5.77. The standard InChI is InChI=1S/C12H15FN2O2/c1-15(8-12(14)17)7-11(16)6-9-2-4-10(13)5-3-9/h2-5H,6-8H2,1H3,(H2,14,17). The Morgan fingerprint density at radius 3 is 2.35 bits per heavy atom. The monoisotopic (exact) mass is 238 g/mol. The smallest absolute Gasteiger partial charge is 0.231 e. The van der Waals surface area contributed by atoms with Crippen molar-refractivity contribution in [3.63, 3.8) is 0 Å². The van der Waals surface area contributed by atoms with E-state index in [1.54, 1.807) is 24.1 Å². The average Bonchev–Trinajstić information content (AvgIpc) is 2.19. The summed E-state index contributed by atoms with van der Waals surface area (Å²) < 4.78 is 12.6. The van der Waals surface area contributed by atoms with Gasteiger partial charge in [-0.15, -0.1) is 0 Å². The first-order valence-corrected chi connectivity index (χ1v) is 5.20. The van der Waals surface area contributed by atoms with Crippen molar-refractivity contribution < 1.29 is 14.0 Å². The Balaban J connectivity index is 2.44. The van der Waals surface area contributed by atoms with E-state index in [-0.39, 0.29) is 31.1 Å². The van der Waals surface area contributed by atoms with Crippen LogP contribution in [-0.2, 0) is 16.0 Å². The topological polar surface area (TPSA) is 63.4 Å². The van der Waals surface area contributed by atoms with Gasteiger partial charge in [0.2, 0.25) is 5.91 Å². The number of carbonyl (C=O) groups excluding carboxylic acids is 2. The van der Waals surface area contributed by atoms with Crippen molar-refractivity contribution in [1.29, 1.82) is 0 Å². The summed E-state index contributed by atoms with van der Waals surface area (Å²) in [7, 11) is 1.65. The van der Waals surface area contributed by atoms with E-state index in [2.05, 4.69) is 0 Å². The van der Waals surface area contributed by atoms with E-state index < -0.39 is 5.91 Å². The molecule has 1 aromatic rings. The number of primary amides is 1. The molecule has 5 heteroatoms. The lowest BCUT2D eigenvalue weighted by molar-refractivity contribution is -0.121. The Labute approximate surface area is 99.2 Å². The molecule has 2 N–H and O–H groups in total. The zero-order chi connectivity index (χ0) is 12.8. The van der Waals surface area contributed by atoms with Crippen molar-refractivity contribution >= 4 is 11.7 Å². The summed E-state index contributed by atoms with van der Waals surface area (Å²) in [4.78, 5) is 23.8. The van der Waals surface area contributed by atoms with Gasteiger partial charge in [-0.2, -0.15) is 0 Å². The number of nitrogens with two attached hydrogens (primary N) is 1. The van der Waals surface area contributed by atoms with Gasteiger partial charge in [0, 0.05) is 6.42 Å². The second-order valence-electron chi connectivity index (χ2n) is 3.98. The summed E-state index contributed by atoms with van der Waals surface area (Å²) >= 11 is 0. The van der Waals surface area contributed by atoms with Gasteiger partial charge in [0.25, 0.3) is 0 Å². The first-order valence-electron chi connectivity index (χ1n) is 5.20. The number of amides is 1. The van der Waals surface area contributed by atoms with Crippen LogP contribution in [0.2, 0.25) is 0 Å². The van der Waals surface area contributed by atoms with Crippen LogP contribution in [0.5, 0.6) is 0 Å². The predicted molar refractivity (Wildman–Crippen MR) is 61.8 cm³/mol. The van der Waals surface area contributed by atoms with E-state index in [4.69, 9.17) is 5.73 Å². The highest BCUT2D eigenvalue weighted by molar-refractivity contribution is 5.83. The van der Waals surface area contributed by atoms with Crippen molar-refractivity contribution in [1.82, 2.24) is 4.90 Å². The van der Waals surface area contributed by atoms with E-state index >= 15 is 0 Å². The maximum atomic E-state index is 12.6. The molecular weight excluding hydrogens is 223 g/mol. The summed E-state index contributed by atoms with van der Waals surface area (Å²) in [5, 5.41) is 0. The van der Waals surface area contributed by atoms with Crippen LogP contribution in [0.1, 0.15) is 5.56 Å². The van der Waals surface area contributed by atoms with Crippen LogP contribution in [0.4, 0.5) is 4.39 Å². The molecule has 0 saturated heterocycles. The quantitative estimate of drug-likeness (QED) is 0.778. The van der Waals surface area contributed by atoms with Crippen molar-refractivity contribution in [2.45, 2.75) is 6.42 Å². The van der Waals surface area contributed by atoms with Gasteiger partial charge < -0.3 is 5.73 Å². The third-order valence-electron chi connectivity index (χ3n) is 2.19. The predicted octanol–water partition coefficient (Wildman–Crippen LogP) is 0.354. The summed E-state index contributed by atoms with van der Waals surface area (Å²) in [5.74, 6) is -0.838. The third-order valence-corrected chi connectivity index (χ3v) is 2.19. The van der Waals surface area contributed by atoms with Crippen LogP contribution >= 0.6 is 0 Å².